The van der Waals surface area contributed by atoms with Gasteiger partial charge in [0.15, 0.2) is 5.75 Å². The molecule has 0 aliphatic carbocycles. The standard InChI is InChI=1S/C28H22N4O11S3/c29-14-16-7-4-8-18-17(16)9-10-21(27(18)46(41,42)43)31-32-25-23(45(38,39)40)13-19-22(44(35,36)37)12-11-20(24(19)26(25)33)30-28(34)15-5-2-1-3-6-15/h1-13,33H,14,29H2,(H,30,34)(H,35,36,37)(H,38,39,40)(H,41,42,43). The van der Waals surface area contributed by atoms with E-state index in [0.29, 0.717) is 17.0 Å². The van der Waals surface area contributed by atoms with Crippen LogP contribution < -0.4 is 11.1 Å². The van der Waals surface area contributed by atoms with Gasteiger partial charge in [-0.3, -0.25) is 18.5 Å². The number of aromatic hydroxyl groups is 1. The van der Waals surface area contributed by atoms with Gasteiger partial charge in [0.25, 0.3) is 36.3 Å². The van der Waals surface area contributed by atoms with Crippen LogP contribution in [-0.4, -0.2) is 49.9 Å². The molecule has 15 nitrogen and oxygen atoms in total. The molecule has 0 aliphatic rings. The predicted molar refractivity (Wildman–Crippen MR) is 165 cm³/mol. The van der Waals surface area contributed by atoms with Crippen molar-refractivity contribution >= 4 is 74.9 Å². The number of fused-ring (bicyclic) bond motifs is 2. The first-order chi connectivity index (χ1) is 21.5. The van der Waals surface area contributed by atoms with Crippen molar-refractivity contribution in [3.8, 4) is 5.75 Å². The molecule has 7 N–H and O–H groups in total. The van der Waals surface area contributed by atoms with Gasteiger partial charge in [0.1, 0.15) is 26.1 Å². The number of anilines is 1. The van der Waals surface area contributed by atoms with E-state index in [2.05, 4.69) is 15.5 Å². The van der Waals surface area contributed by atoms with Crippen LogP contribution in [0, 0.1) is 0 Å². The largest absolute Gasteiger partial charge is 0.505 e. The second-order valence-electron chi connectivity index (χ2n) is 9.68. The Bertz CT molecular complexity index is 2430. The zero-order valence-corrected chi connectivity index (χ0v) is 25.5. The highest BCUT2D eigenvalue weighted by Crippen LogP contribution is 2.46. The van der Waals surface area contributed by atoms with E-state index in [1.165, 1.54) is 30.3 Å². The van der Waals surface area contributed by atoms with Crippen molar-refractivity contribution in [3.63, 3.8) is 0 Å². The van der Waals surface area contributed by atoms with Crippen molar-refractivity contribution < 1.29 is 48.8 Å². The first-order valence-electron chi connectivity index (χ1n) is 12.8. The molecule has 0 saturated heterocycles. The lowest BCUT2D eigenvalue weighted by Crippen LogP contribution is -2.13. The van der Waals surface area contributed by atoms with Gasteiger partial charge in [0.05, 0.1) is 11.1 Å². The van der Waals surface area contributed by atoms with Crippen LogP contribution in [0.4, 0.5) is 17.1 Å². The van der Waals surface area contributed by atoms with E-state index in [0.717, 1.165) is 18.2 Å². The number of rotatable bonds is 8. The van der Waals surface area contributed by atoms with E-state index in [4.69, 9.17) is 5.73 Å². The molecule has 0 aliphatic heterocycles. The molecule has 5 rings (SSSR count). The first-order valence-corrected chi connectivity index (χ1v) is 17.1. The average molecular weight is 687 g/mol. The average Bonchev–Trinajstić information content (AvgIpc) is 2.98. The summed E-state index contributed by atoms with van der Waals surface area (Å²) in [5.74, 6) is -1.86. The third kappa shape index (κ3) is 6.17. The Morgan fingerprint density at radius 2 is 1.39 bits per heavy atom. The third-order valence-corrected chi connectivity index (χ3v) is 9.56. The molecule has 0 unspecified atom stereocenters. The highest BCUT2D eigenvalue weighted by molar-refractivity contribution is 7.86. The monoisotopic (exact) mass is 686 g/mol. The third-order valence-electron chi connectivity index (χ3n) is 6.83. The number of hydrogen-bond acceptors (Lipinski definition) is 11. The van der Waals surface area contributed by atoms with E-state index < -0.39 is 78.8 Å². The Balaban J connectivity index is 1.82. The molecule has 0 bridgehead atoms. The molecule has 0 radical (unpaired) electrons. The molecular weight excluding hydrogens is 665 g/mol. The van der Waals surface area contributed by atoms with Crippen molar-refractivity contribution in [2.75, 3.05) is 5.32 Å². The summed E-state index contributed by atoms with van der Waals surface area (Å²) >= 11 is 0. The molecule has 0 atom stereocenters. The summed E-state index contributed by atoms with van der Waals surface area (Å²) in [5.41, 5.74) is 4.61. The lowest BCUT2D eigenvalue weighted by molar-refractivity contribution is 0.102. The molecule has 1 amide bonds. The summed E-state index contributed by atoms with van der Waals surface area (Å²) in [5, 5.41) is 20.4. The van der Waals surface area contributed by atoms with Crippen LogP contribution in [0.5, 0.6) is 5.75 Å². The lowest BCUT2D eigenvalue weighted by Gasteiger charge is -2.15. The highest BCUT2D eigenvalue weighted by Gasteiger charge is 2.28. The summed E-state index contributed by atoms with van der Waals surface area (Å²) in [7, 11) is -15.4. The van der Waals surface area contributed by atoms with Crippen LogP contribution in [0.25, 0.3) is 21.5 Å². The van der Waals surface area contributed by atoms with Crippen molar-refractivity contribution in [3.05, 3.63) is 90.0 Å². The van der Waals surface area contributed by atoms with Gasteiger partial charge in [-0.05, 0) is 47.3 Å². The number of nitrogens with one attached hydrogen (secondary N) is 1. The number of hydrogen-bond donors (Lipinski definition) is 6. The lowest BCUT2D eigenvalue weighted by atomic mass is 10.0. The molecular formula is C28H22N4O11S3. The molecule has 18 heteroatoms. The van der Waals surface area contributed by atoms with Gasteiger partial charge < -0.3 is 16.2 Å². The van der Waals surface area contributed by atoms with Crippen molar-refractivity contribution in [2.24, 2.45) is 16.0 Å². The number of phenols is 1. The number of amides is 1. The van der Waals surface area contributed by atoms with Crippen LogP contribution in [0.15, 0.2) is 104 Å². The summed E-state index contributed by atoms with van der Waals surface area (Å²) < 4.78 is 104. The van der Waals surface area contributed by atoms with E-state index in [1.807, 2.05) is 0 Å². The fourth-order valence-electron chi connectivity index (χ4n) is 4.86. The summed E-state index contributed by atoms with van der Waals surface area (Å²) in [6, 6.07) is 17.1. The van der Waals surface area contributed by atoms with Gasteiger partial charge in [-0.15, -0.1) is 10.2 Å². The van der Waals surface area contributed by atoms with Crippen LogP contribution in [0.2, 0.25) is 0 Å². The van der Waals surface area contributed by atoms with Crippen LogP contribution in [0.3, 0.4) is 0 Å². The van der Waals surface area contributed by atoms with Gasteiger partial charge in [0, 0.05) is 22.9 Å². The number of nitrogens with zero attached hydrogens (tertiary/aromatic N) is 2. The molecule has 0 fully saturated rings. The second-order valence-corrected chi connectivity index (χ2v) is 13.8. The van der Waals surface area contributed by atoms with Crippen LogP contribution >= 0.6 is 0 Å². The maximum absolute atomic E-state index is 12.9. The minimum Gasteiger partial charge on any atom is -0.505 e. The molecule has 0 saturated carbocycles. The zero-order valence-electron chi connectivity index (χ0n) is 23.1. The zero-order chi connectivity index (χ0) is 33.6. The topological polar surface area (TPSA) is 263 Å². The minimum atomic E-state index is -5.33. The first kappa shape index (κ1) is 32.6. The normalized spacial score (nSPS) is 12.6. The number of carbonyl (C=O) groups excluding carboxylic acids is 1. The molecule has 0 aromatic heterocycles. The number of carbonyl (C=O) groups is 1. The molecule has 238 valence electrons. The smallest absolute Gasteiger partial charge is 0.297 e. The maximum atomic E-state index is 12.9. The van der Waals surface area contributed by atoms with E-state index in [9.17, 15) is 48.8 Å². The van der Waals surface area contributed by atoms with Gasteiger partial charge >= 0.3 is 0 Å². The molecule has 0 heterocycles. The molecule has 5 aromatic rings. The van der Waals surface area contributed by atoms with Crippen molar-refractivity contribution in [1.29, 1.82) is 0 Å². The SMILES string of the molecule is NCc1cccc2c(S(=O)(=O)O)c(N=Nc3c(S(=O)(=O)O)cc4c(S(=O)(=O)O)ccc(NC(=O)c5ccccc5)c4c3O)ccc12. The molecule has 0 spiro atoms. The van der Waals surface area contributed by atoms with Crippen LogP contribution in [-0.2, 0) is 36.9 Å². The predicted octanol–water partition coefficient (Wildman–Crippen LogP) is 4.57. The Kier molecular flexibility index (Phi) is 8.38. The molecule has 46 heavy (non-hydrogen) atoms. The van der Waals surface area contributed by atoms with Gasteiger partial charge in [0.2, 0.25) is 0 Å². The fraction of sp³-hybridized carbons (Fsp3) is 0.0357. The number of phenolic OH excluding ortho intramolecular Hbond substituents is 1. The maximum Gasteiger partial charge on any atom is 0.297 e. The minimum absolute atomic E-state index is 0.0108. The number of benzene rings is 5. The van der Waals surface area contributed by atoms with Gasteiger partial charge in [-0.25, -0.2) is 0 Å². The Morgan fingerprint density at radius 1 is 0.717 bits per heavy atom. The highest BCUT2D eigenvalue weighted by atomic mass is 32.2. The van der Waals surface area contributed by atoms with E-state index >= 15 is 0 Å². The Hall–Kier alpha value is -4.82. The summed E-state index contributed by atoms with van der Waals surface area (Å²) in [4.78, 5) is 10.1. The summed E-state index contributed by atoms with van der Waals surface area (Å²) in [6.45, 7) is 0.0144. The molecule has 5 aromatic carbocycles. The van der Waals surface area contributed by atoms with E-state index in [1.54, 1.807) is 24.3 Å². The van der Waals surface area contributed by atoms with Crippen LogP contribution in [0.1, 0.15) is 15.9 Å². The summed E-state index contributed by atoms with van der Waals surface area (Å²) in [6.07, 6.45) is 0. The number of azo groups is 1. The Morgan fingerprint density at radius 3 is 2.00 bits per heavy atom. The fourth-order valence-corrected chi connectivity index (χ4v) is 7.01. The van der Waals surface area contributed by atoms with Gasteiger partial charge in [-0.1, -0.05) is 42.5 Å². The van der Waals surface area contributed by atoms with Gasteiger partial charge in [-0.2, -0.15) is 25.3 Å². The Labute approximate surface area is 261 Å². The second kappa shape index (κ2) is 11.8. The number of nitrogens with two attached hydrogens (primary N) is 1. The quantitative estimate of drug-likeness (QED) is 0.0969. The van der Waals surface area contributed by atoms with Crippen molar-refractivity contribution in [1.82, 2.24) is 0 Å². The van der Waals surface area contributed by atoms with Crippen molar-refractivity contribution in [2.45, 2.75) is 21.2 Å². The van der Waals surface area contributed by atoms with E-state index in [-0.39, 0.29) is 23.2 Å².